The highest BCUT2D eigenvalue weighted by Crippen LogP contribution is 2.36. The molecule has 1 unspecified atom stereocenters. The predicted octanol–water partition coefficient (Wildman–Crippen LogP) is 2.91. The normalized spacial score (nSPS) is 21.5. The largest absolute Gasteiger partial charge is 0.507 e. The van der Waals surface area contributed by atoms with Crippen LogP contribution in [0.5, 0.6) is 5.75 Å². The van der Waals surface area contributed by atoms with Crippen molar-refractivity contribution in [1.29, 1.82) is 0 Å². The smallest absolute Gasteiger partial charge is 0.329 e. The molecule has 1 amide bonds. The number of carbonyl (C=O) groups is 2. The Morgan fingerprint density at radius 3 is 2.76 bits per heavy atom. The van der Waals surface area contributed by atoms with E-state index in [-0.39, 0.29) is 11.3 Å². The van der Waals surface area contributed by atoms with Gasteiger partial charge >= 0.3 is 5.97 Å². The van der Waals surface area contributed by atoms with Gasteiger partial charge in [-0.25, -0.2) is 4.79 Å². The number of carboxylic acid groups (broad SMARTS) is 1. The first-order chi connectivity index (χ1) is 9.92. The number of hydrogen-bond donors (Lipinski definition) is 2. The van der Waals surface area contributed by atoms with E-state index in [1.54, 1.807) is 0 Å². The van der Waals surface area contributed by atoms with Gasteiger partial charge in [0.2, 0.25) is 0 Å². The van der Waals surface area contributed by atoms with E-state index in [4.69, 9.17) is 11.6 Å². The van der Waals surface area contributed by atoms with Crippen molar-refractivity contribution in [1.82, 2.24) is 4.90 Å². The lowest BCUT2D eigenvalue weighted by Crippen LogP contribution is -2.53. The molecule has 1 aromatic rings. The maximum atomic E-state index is 12.7. The number of nitrogens with zero attached hydrogens (tertiary/aromatic N) is 1. The Morgan fingerprint density at radius 2 is 2.14 bits per heavy atom. The predicted molar refractivity (Wildman–Crippen MR) is 78.7 cm³/mol. The van der Waals surface area contributed by atoms with E-state index in [0.29, 0.717) is 37.3 Å². The molecule has 5 nitrogen and oxygen atoms in total. The fourth-order valence-corrected chi connectivity index (χ4v) is 3.17. The number of phenols is 1. The van der Waals surface area contributed by atoms with Gasteiger partial charge in [0.15, 0.2) is 0 Å². The Hall–Kier alpha value is -1.75. The van der Waals surface area contributed by atoms with E-state index < -0.39 is 17.4 Å². The molecule has 1 aromatic carbocycles. The minimum Gasteiger partial charge on any atom is -0.507 e. The molecule has 6 heteroatoms. The van der Waals surface area contributed by atoms with Crippen molar-refractivity contribution in [2.45, 2.75) is 38.1 Å². The number of phenolic OH excluding ortho intramolecular Hbond substituents is 1. The van der Waals surface area contributed by atoms with Crippen LogP contribution in [0.25, 0.3) is 0 Å². The maximum absolute atomic E-state index is 12.7. The molecule has 114 valence electrons. The summed E-state index contributed by atoms with van der Waals surface area (Å²) in [5.41, 5.74) is -1.13. The Balaban J connectivity index is 2.41. The molecule has 0 radical (unpaired) electrons. The topological polar surface area (TPSA) is 77.8 Å². The lowest BCUT2D eigenvalue weighted by atomic mass is 9.90. The molecule has 2 N–H and O–H groups in total. The van der Waals surface area contributed by atoms with E-state index in [0.717, 1.165) is 0 Å². The highest BCUT2D eigenvalue weighted by molar-refractivity contribution is 6.31. The Kier molecular flexibility index (Phi) is 4.42. The van der Waals surface area contributed by atoms with E-state index >= 15 is 0 Å². The number of hydrogen-bond acceptors (Lipinski definition) is 3. The van der Waals surface area contributed by atoms with Gasteiger partial charge in [0, 0.05) is 11.6 Å². The first-order valence-corrected chi connectivity index (χ1v) is 7.34. The van der Waals surface area contributed by atoms with Crippen LogP contribution in [0.3, 0.4) is 0 Å². The average molecular weight is 312 g/mol. The Labute approximate surface area is 128 Å². The molecule has 1 saturated heterocycles. The van der Waals surface area contributed by atoms with Gasteiger partial charge in [-0.05, 0) is 37.5 Å². The van der Waals surface area contributed by atoms with Crippen LogP contribution in [0.4, 0.5) is 0 Å². The summed E-state index contributed by atoms with van der Waals surface area (Å²) in [6.45, 7) is 2.26. The fourth-order valence-electron chi connectivity index (χ4n) is 3.00. The van der Waals surface area contributed by atoms with Crippen LogP contribution in [0.2, 0.25) is 5.02 Å². The van der Waals surface area contributed by atoms with Crippen molar-refractivity contribution >= 4 is 23.5 Å². The van der Waals surface area contributed by atoms with Crippen LogP contribution in [0.15, 0.2) is 18.2 Å². The van der Waals surface area contributed by atoms with Crippen LogP contribution in [-0.4, -0.2) is 39.1 Å². The summed E-state index contributed by atoms with van der Waals surface area (Å²) in [5.74, 6) is -1.66. The molecule has 0 bridgehead atoms. The van der Waals surface area contributed by atoms with Crippen LogP contribution in [0, 0.1) is 0 Å². The first-order valence-electron chi connectivity index (χ1n) is 6.96. The minimum absolute atomic E-state index is 0.0473. The van der Waals surface area contributed by atoms with E-state index in [9.17, 15) is 19.8 Å². The molecular weight excluding hydrogens is 294 g/mol. The summed E-state index contributed by atoms with van der Waals surface area (Å²) in [6.07, 6.45) is 2.13. The average Bonchev–Trinajstić information content (AvgIpc) is 2.86. The van der Waals surface area contributed by atoms with Gasteiger partial charge in [0.1, 0.15) is 11.3 Å². The lowest BCUT2D eigenvalue weighted by molar-refractivity contribution is -0.148. The van der Waals surface area contributed by atoms with E-state index in [2.05, 4.69) is 0 Å². The molecule has 21 heavy (non-hydrogen) atoms. The van der Waals surface area contributed by atoms with Gasteiger partial charge in [-0.1, -0.05) is 24.9 Å². The quantitative estimate of drug-likeness (QED) is 0.896. The molecular formula is C15H18ClNO4. The second-order valence-electron chi connectivity index (χ2n) is 5.31. The van der Waals surface area contributed by atoms with Crippen LogP contribution >= 0.6 is 11.6 Å². The van der Waals surface area contributed by atoms with Crippen molar-refractivity contribution in [3.8, 4) is 5.75 Å². The minimum atomic E-state index is -1.18. The molecule has 2 rings (SSSR count). The zero-order valence-corrected chi connectivity index (χ0v) is 12.6. The Bertz CT molecular complexity index is 575. The van der Waals surface area contributed by atoms with Crippen molar-refractivity contribution < 1.29 is 19.8 Å². The SMILES string of the molecule is CCCC1(C(=O)O)CCCN1C(=O)c1cc(Cl)ccc1O. The van der Waals surface area contributed by atoms with Gasteiger partial charge in [-0.3, -0.25) is 4.79 Å². The number of benzene rings is 1. The number of rotatable bonds is 4. The number of aliphatic carboxylic acids is 1. The number of amides is 1. The third-order valence-corrected chi connectivity index (χ3v) is 4.22. The zero-order chi connectivity index (χ0) is 15.6. The van der Waals surface area contributed by atoms with Crippen molar-refractivity contribution in [3.63, 3.8) is 0 Å². The lowest BCUT2D eigenvalue weighted by Gasteiger charge is -2.34. The molecule has 1 heterocycles. The fraction of sp³-hybridized carbons (Fsp3) is 0.467. The first kappa shape index (κ1) is 15.6. The van der Waals surface area contributed by atoms with Crippen LogP contribution < -0.4 is 0 Å². The van der Waals surface area contributed by atoms with E-state index in [1.165, 1.54) is 23.1 Å². The summed E-state index contributed by atoms with van der Waals surface area (Å²) >= 11 is 5.86. The molecule has 1 aliphatic rings. The molecule has 1 atom stereocenters. The second-order valence-corrected chi connectivity index (χ2v) is 5.74. The summed E-state index contributed by atoms with van der Waals surface area (Å²) in [5, 5.41) is 19.8. The molecule has 0 saturated carbocycles. The molecule has 0 aliphatic carbocycles. The number of carboxylic acids is 1. The molecule has 1 fully saturated rings. The maximum Gasteiger partial charge on any atom is 0.329 e. The van der Waals surface area contributed by atoms with Gasteiger partial charge in [-0.2, -0.15) is 0 Å². The van der Waals surface area contributed by atoms with Gasteiger partial charge in [0.05, 0.1) is 5.56 Å². The summed E-state index contributed by atoms with van der Waals surface area (Å²) in [7, 11) is 0. The third kappa shape index (κ3) is 2.70. The molecule has 0 spiro atoms. The number of aromatic hydroxyl groups is 1. The number of likely N-dealkylation sites (tertiary alicyclic amines) is 1. The second kappa shape index (κ2) is 5.93. The van der Waals surface area contributed by atoms with Crippen LogP contribution in [0.1, 0.15) is 43.0 Å². The van der Waals surface area contributed by atoms with Crippen molar-refractivity contribution in [2.75, 3.05) is 6.54 Å². The monoisotopic (exact) mass is 311 g/mol. The highest BCUT2D eigenvalue weighted by Gasteiger charge is 2.49. The van der Waals surface area contributed by atoms with E-state index in [1.807, 2.05) is 6.92 Å². The third-order valence-electron chi connectivity index (χ3n) is 3.98. The number of halogens is 1. The molecule has 0 aromatic heterocycles. The van der Waals surface area contributed by atoms with Crippen LogP contribution in [-0.2, 0) is 4.79 Å². The summed E-state index contributed by atoms with van der Waals surface area (Å²) in [4.78, 5) is 25.8. The Morgan fingerprint density at radius 1 is 1.43 bits per heavy atom. The van der Waals surface area contributed by atoms with Crippen molar-refractivity contribution in [3.05, 3.63) is 28.8 Å². The standard InChI is InChI=1S/C15H18ClNO4/c1-2-6-15(14(20)21)7-3-8-17(15)13(19)11-9-10(16)4-5-12(11)18/h4-5,9,18H,2-3,6-8H2,1H3,(H,20,21). The number of carbonyl (C=O) groups excluding carboxylic acids is 1. The van der Waals surface area contributed by atoms with Gasteiger partial charge in [0.25, 0.3) is 5.91 Å². The summed E-state index contributed by atoms with van der Waals surface area (Å²) in [6, 6.07) is 4.19. The van der Waals surface area contributed by atoms with Gasteiger partial charge in [-0.15, -0.1) is 0 Å². The van der Waals surface area contributed by atoms with Gasteiger partial charge < -0.3 is 15.1 Å². The van der Waals surface area contributed by atoms with Crippen molar-refractivity contribution in [2.24, 2.45) is 0 Å². The highest BCUT2D eigenvalue weighted by atomic mass is 35.5. The molecule has 1 aliphatic heterocycles. The summed E-state index contributed by atoms with van der Waals surface area (Å²) < 4.78 is 0. The zero-order valence-electron chi connectivity index (χ0n) is 11.8.